The molecule has 8 nitrogen and oxygen atoms in total. The lowest BCUT2D eigenvalue weighted by Gasteiger charge is -2.34. The summed E-state index contributed by atoms with van der Waals surface area (Å²) >= 11 is 18.7. The second-order valence-electron chi connectivity index (χ2n) is 9.94. The molecule has 1 aromatic heterocycles. The number of alkyl halides is 3. The highest BCUT2D eigenvalue weighted by Crippen LogP contribution is 2.44. The maximum atomic E-state index is 14.1. The summed E-state index contributed by atoms with van der Waals surface area (Å²) in [6.45, 7) is 3.04. The molecular weight excluding hydrogens is 633 g/mol. The van der Waals surface area contributed by atoms with Crippen LogP contribution in [0.4, 0.5) is 19.3 Å². The molecule has 1 atom stereocenters. The van der Waals surface area contributed by atoms with Gasteiger partial charge in [0.05, 0.1) is 28.9 Å². The van der Waals surface area contributed by atoms with Crippen molar-refractivity contribution in [2.45, 2.75) is 41.1 Å². The Morgan fingerprint density at radius 3 is 2.48 bits per heavy atom. The topological polar surface area (TPSA) is 85.9 Å². The van der Waals surface area contributed by atoms with E-state index in [4.69, 9.17) is 39.5 Å². The molecule has 0 bridgehead atoms. The van der Waals surface area contributed by atoms with Crippen molar-refractivity contribution in [1.29, 1.82) is 0 Å². The molecule has 2 aromatic carbocycles. The number of urea groups is 1. The fraction of sp³-hybridized carbons (Fsp3) is 0.321. The Morgan fingerprint density at radius 1 is 1.14 bits per heavy atom. The van der Waals surface area contributed by atoms with Crippen LogP contribution in [-0.4, -0.2) is 54.0 Å². The van der Waals surface area contributed by atoms with Crippen LogP contribution in [-0.2, 0) is 11.9 Å². The van der Waals surface area contributed by atoms with Crippen molar-refractivity contribution in [3.05, 3.63) is 79.2 Å². The van der Waals surface area contributed by atoms with E-state index in [9.17, 15) is 23.2 Å². The largest absolute Gasteiger partial charge is 0.495 e. The quantitative estimate of drug-likeness (QED) is 0.286. The number of aromatic amines is 1. The maximum Gasteiger partial charge on any atom is 0.362 e. The number of H-pyrrole nitrogens is 1. The van der Waals surface area contributed by atoms with Crippen LogP contribution in [0.5, 0.6) is 5.75 Å². The van der Waals surface area contributed by atoms with Gasteiger partial charge in [0, 0.05) is 36.5 Å². The van der Waals surface area contributed by atoms with Crippen molar-refractivity contribution in [3.63, 3.8) is 0 Å². The predicted molar refractivity (Wildman–Crippen MR) is 159 cm³/mol. The minimum atomic E-state index is -3.90. The van der Waals surface area contributed by atoms with Gasteiger partial charge in [0.2, 0.25) is 0 Å². The van der Waals surface area contributed by atoms with Gasteiger partial charge in [-0.2, -0.15) is 8.78 Å². The van der Waals surface area contributed by atoms with Crippen LogP contribution < -0.4 is 15.2 Å². The SMILES string of the molecule is COc1cc2c(cc1N1CCCN(C)C1=O)CN(C(=O)c1c(Sc3c(Cl)cccc3Cl)cc(C(F)(F)Cl)[nH]c1=O)C2C. The van der Waals surface area contributed by atoms with Crippen molar-refractivity contribution in [1.82, 2.24) is 14.8 Å². The van der Waals surface area contributed by atoms with Gasteiger partial charge in [0.1, 0.15) is 17.0 Å². The molecule has 0 spiro atoms. The summed E-state index contributed by atoms with van der Waals surface area (Å²) in [5.41, 5.74) is -0.167. The lowest BCUT2D eigenvalue weighted by molar-refractivity contribution is 0.0695. The van der Waals surface area contributed by atoms with E-state index < -0.39 is 28.6 Å². The van der Waals surface area contributed by atoms with Crippen LogP contribution in [0.3, 0.4) is 0 Å². The lowest BCUT2D eigenvalue weighted by atomic mass is 10.0. The van der Waals surface area contributed by atoms with Crippen molar-refractivity contribution >= 4 is 64.2 Å². The number of ether oxygens (including phenoxy) is 1. The highest BCUT2D eigenvalue weighted by atomic mass is 35.5. The van der Waals surface area contributed by atoms with E-state index in [1.807, 2.05) is 6.07 Å². The molecule has 222 valence electrons. The number of hydrogen-bond donors (Lipinski definition) is 1. The van der Waals surface area contributed by atoms with Crippen LogP contribution in [0.15, 0.2) is 51.0 Å². The first kappa shape index (κ1) is 30.5. The van der Waals surface area contributed by atoms with Crippen molar-refractivity contribution < 1.29 is 23.1 Å². The minimum absolute atomic E-state index is 0.0857. The number of nitrogens with one attached hydrogen (secondary N) is 1. The molecule has 2 aliphatic rings. The molecular formula is C28H25Cl3F2N4O4S. The number of pyridine rings is 1. The van der Waals surface area contributed by atoms with Crippen LogP contribution >= 0.6 is 46.6 Å². The molecule has 0 aliphatic carbocycles. The molecule has 3 amide bonds. The minimum Gasteiger partial charge on any atom is -0.495 e. The summed E-state index contributed by atoms with van der Waals surface area (Å²) in [4.78, 5) is 47.1. The van der Waals surface area contributed by atoms with Gasteiger partial charge in [-0.3, -0.25) is 14.5 Å². The zero-order valence-corrected chi connectivity index (χ0v) is 25.7. The smallest absolute Gasteiger partial charge is 0.362 e. The summed E-state index contributed by atoms with van der Waals surface area (Å²) in [5, 5.41) is -3.47. The fourth-order valence-corrected chi connectivity index (χ4v) is 6.90. The van der Waals surface area contributed by atoms with Gasteiger partial charge < -0.3 is 19.5 Å². The van der Waals surface area contributed by atoms with E-state index in [2.05, 4.69) is 4.98 Å². The molecule has 0 saturated carbocycles. The summed E-state index contributed by atoms with van der Waals surface area (Å²) < 4.78 is 33.8. The van der Waals surface area contributed by atoms with Crippen molar-refractivity contribution in [3.8, 4) is 5.75 Å². The van der Waals surface area contributed by atoms with E-state index in [1.54, 1.807) is 48.0 Å². The van der Waals surface area contributed by atoms with E-state index in [0.717, 1.165) is 35.4 Å². The number of fused-ring (bicyclic) bond motifs is 1. The Hall–Kier alpha value is -2.99. The third-order valence-corrected chi connectivity index (χ3v) is 9.57. The van der Waals surface area contributed by atoms with E-state index >= 15 is 0 Å². The normalized spacial score (nSPS) is 17.1. The number of benzene rings is 2. The van der Waals surface area contributed by atoms with Crippen LogP contribution in [0.25, 0.3) is 0 Å². The van der Waals surface area contributed by atoms with Crippen LogP contribution in [0.2, 0.25) is 10.0 Å². The first-order chi connectivity index (χ1) is 19.8. The van der Waals surface area contributed by atoms with E-state index in [0.29, 0.717) is 24.5 Å². The first-order valence-corrected chi connectivity index (χ1v) is 14.8. The molecule has 5 rings (SSSR count). The van der Waals surface area contributed by atoms with Crippen LogP contribution in [0.1, 0.15) is 46.6 Å². The Kier molecular flexibility index (Phi) is 8.41. The van der Waals surface area contributed by atoms with Crippen LogP contribution in [0, 0.1) is 0 Å². The average Bonchev–Trinajstić information content (AvgIpc) is 3.25. The number of halogens is 5. The molecule has 1 fully saturated rings. The Morgan fingerprint density at radius 2 is 1.83 bits per heavy atom. The summed E-state index contributed by atoms with van der Waals surface area (Å²) in [5.74, 6) is -0.223. The first-order valence-electron chi connectivity index (χ1n) is 12.8. The highest BCUT2D eigenvalue weighted by molar-refractivity contribution is 7.99. The number of aromatic nitrogens is 1. The number of nitrogens with zero attached hydrogens (tertiary/aromatic N) is 3. The van der Waals surface area contributed by atoms with Crippen molar-refractivity contribution in [2.75, 3.05) is 32.1 Å². The second-order valence-corrected chi connectivity index (χ2v) is 12.3. The maximum absolute atomic E-state index is 14.1. The summed E-state index contributed by atoms with van der Waals surface area (Å²) in [7, 11) is 3.23. The van der Waals surface area contributed by atoms with E-state index in [-0.39, 0.29) is 38.0 Å². The van der Waals surface area contributed by atoms with Gasteiger partial charge in [0.15, 0.2) is 0 Å². The average molecular weight is 658 g/mol. The second kappa shape index (κ2) is 11.6. The zero-order valence-electron chi connectivity index (χ0n) is 22.6. The number of rotatable bonds is 6. The van der Waals surface area contributed by atoms with E-state index in [1.165, 1.54) is 12.0 Å². The molecule has 1 N–H and O–H groups in total. The highest BCUT2D eigenvalue weighted by Gasteiger charge is 2.38. The monoisotopic (exact) mass is 656 g/mol. The van der Waals surface area contributed by atoms with Gasteiger partial charge in [-0.05, 0) is 66.4 Å². The van der Waals surface area contributed by atoms with Gasteiger partial charge in [-0.1, -0.05) is 41.0 Å². The molecule has 0 radical (unpaired) electrons. The summed E-state index contributed by atoms with van der Waals surface area (Å²) in [6.07, 6.45) is 0.777. The summed E-state index contributed by atoms with van der Waals surface area (Å²) in [6, 6.07) is 8.59. The number of amides is 3. The Labute approximate surface area is 259 Å². The molecule has 2 aliphatic heterocycles. The van der Waals surface area contributed by atoms with Gasteiger partial charge >= 0.3 is 11.4 Å². The van der Waals surface area contributed by atoms with Gasteiger partial charge in [-0.15, -0.1) is 0 Å². The number of carbonyl (C=O) groups excluding carboxylic acids is 2. The Bertz CT molecular complexity index is 1630. The van der Waals surface area contributed by atoms with Crippen molar-refractivity contribution in [2.24, 2.45) is 0 Å². The third-order valence-electron chi connectivity index (χ3n) is 7.33. The lowest BCUT2D eigenvalue weighted by Crippen LogP contribution is -2.47. The number of methoxy groups -OCH3 is 1. The number of carbonyl (C=O) groups is 2. The number of anilines is 1. The van der Waals surface area contributed by atoms with Gasteiger partial charge in [-0.25, -0.2) is 4.79 Å². The molecule has 1 unspecified atom stereocenters. The molecule has 14 heteroatoms. The molecule has 3 aromatic rings. The molecule has 42 heavy (non-hydrogen) atoms. The fourth-order valence-electron chi connectivity index (χ4n) is 5.16. The van der Waals surface area contributed by atoms with Gasteiger partial charge in [0.25, 0.3) is 11.5 Å². The predicted octanol–water partition coefficient (Wildman–Crippen LogP) is 7.11. The molecule has 3 heterocycles. The standard InChI is InChI=1S/C28H25Cl3F2N4O4S/c1-14-16-11-20(41-3)19(36-9-5-8-35(2)27(36)40)10-15(16)13-37(14)26(39)23-21(12-22(28(31,32)33)34-25(23)38)42-24-17(29)6-4-7-18(24)30/h4,6-7,10-12,14H,5,8-9,13H2,1-3H3,(H,34,38). The third kappa shape index (κ3) is 5.55. The molecule has 1 saturated heterocycles. The zero-order chi connectivity index (χ0) is 30.5. The number of hydrogen-bond acceptors (Lipinski definition) is 5. The Balaban J connectivity index is 1.56.